The molecule has 0 saturated carbocycles. The molecule has 1 saturated heterocycles. The van der Waals surface area contributed by atoms with Crippen LogP contribution >= 0.6 is 0 Å². The van der Waals surface area contributed by atoms with E-state index < -0.39 is 0 Å². The van der Waals surface area contributed by atoms with Crippen LogP contribution in [0.2, 0.25) is 0 Å². The average molecular weight is 258 g/mol. The van der Waals surface area contributed by atoms with Crippen LogP contribution in [0.4, 0.5) is 0 Å². The molecule has 2 unspecified atom stereocenters. The molecular formula is C13H26N2O3. The van der Waals surface area contributed by atoms with E-state index in [9.17, 15) is 4.79 Å². The minimum atomic E-state index is -0.187. The molecule has 1 heterocycles. The summed E-state index contributed by atoms with van der Waals surface area (Å²) >= 11 is 0. The van der Waals surface area contributed by atoms with E-state index in [4.69, 9.17) is 9.47 Å². The zero-order valence-corrected chi connectivity index (χ0v) is 11.8. The fourth-order valence-electron chi connectivity index (χ4n) is 2.02. The Bertz CT molecular complexity index is 253. The highest BCUT2D eigenvalue weighted by Gasteiger charge is 2.30. The van der Waals surface area contributed by atoms with E-state index in [2.05, 4.69) is 17.6 Å². The molecule has 1 aliphatic rings. The summed E-state index contributed by atoms with van der Waals surface area (Å²) in [5.74, 6) is 0.0349. The van der Waals surface area contributed by atoms with Crippen molar-refractivity contribution in [3.63, 3.8) is 0 Å². The van der Waals surface area contributed by atoms with Crippen LogP contribution in [0.3, 0.4) is 0 Å². The van der Waals surface area contributed by atoms with Gasteiger partial charge in [-0.3, -0.25) is 4.79 Å². The van der Waals surface area contributed by atoms with Crippen LogP contribution < -0.4 is 10.6 Å². The van der Waals surface area contributed by atoms with E-state index in [0.29, 0.717) is 13.2 Å². The molecule has 5 nitrogen and oxygen atoms in total. The lowest BCUT2D eigenvalue weighted by molar-refractivity contribution is -0.123. The van der Waals surface area contributed by atoms with Crippen LogP contribution in [-0.2, 0) is 14.3 Å². The van der Waals surface area contributed by atoms with Gasteiger partial charge in [0.1, 0.15) is 0 Å². The fraction of sp³-hybridized carbons (Fsp3) is 0.923. The third-order valence-electron chi connectivity index (χ3n) is 3.30. The molecule has 5 heteroatoms. The van der Waals surface area contributed by atoms with Gasteiger partial charge < -0.3 is 20.1 Å². The first kappa shape index (κ1) is 15.4. The molecule has 0 aromatic heterocycles. The minimum absolute atomic E-state index is 0.0349. The van der Waals surface area contributed by atoms with E-state index >= 15 is 0 Å². The molecule has 1 fully saturated rings. The summed E-state index contributed by atoms with van der Waals surface area (Å²) in [6.07, 6.45) is 3.01. The van der Waals surface area contributed by atoms with Crippen molar-refractivity contribution in [2.75, 3.05) is 33.4 Å². The number of carbonyl (C=O) groups excluding carboxylic acids is 1. The standard InChI is InChI=1S/C13H26N2O3/c1-11(12(16)14-7-5-8-17-3)15-10-13(2)6-4-9-18-13/h11,15H,4-10H2,1-3H3,(H,14,16). The van der Waals surface area contributed by atoms with Gasteiger partial charge in [-0.2, -0.15) is 0 Å². The van der Waals surface area contributed by atoms with Crippen molar-refractivity contribution in [1.82, 2.24) is 10.6 Å². The second kappa shape index (κ2) is 7.71. The third-order valence-corrected chi connectivity index (χ3v) is 3.30. The maximum absolute atomic E-state index is 11.8. The largest absolute Gasteiger partial charge is 0.385 e. The molecule has 2 atom stereocenters. The molecule has 0 aliphatic carbocycles. The summed E-state index contributed by atoms with van der Waals surface area (Å²) in [7, 11) is 1.66. The molecule has 0 aromatic carbocycles. The Morgan fingerprint density at radius 3 is 2.94 bits per heavy atom. The summed E-state index contributed by atoms with van der Waals surface area (Å²) in [6, 6.07) is -0.187. The van der Waals surface area contributed by atoms with Crippen molar-refractivity contribution in [1.29, 1.82) is 0 Å². The summed E-state index contributed by atoms with van der Waals surface area (Å²) in [5, 5.41) is 6.12. The summed E-state index contributed by atoms with van der Waals surface area (Å²) in [5.41, 5.74) is -0.107. The van der Waals surface area contributed by atoms with Gasteiger partial charge in [-0.15, -0.1) is 0 Å². The molecule has 2 N–H and O–H groups in total. The SMILES string of the molecule is COCCCNC(=O)C(C)NCC1(C)CCCO1. The second-order valence-corrected chi connectivity index (χ2v) is 5.14. The van der Waals surface area contributed by atoms with Gasteiger partial charge in [0.05, 0.1) is 11.6 Å². The quantitative estimate of drug-likeness (QED) is 0.629. The van der Waals surface area contributed by atoms with E-state index in [1.165, 1.54) is 0 Å². The lowest BCUT2D eigenvalue weighted by Gasteiger charge is -2.25. The Balaban J connectivity index is 2.15. The summed E-state index contributed by atoms with van der Waals surface area (Å²) in [4.78, 5) is 11.8. The van der Waals surface area contributed by atoms with Gasteiger partial charge in [0.15, 0.2) is 0 Å². The molecule has 1 rings (SSSR count). The van der Waals surface area contributed by atoms with Crippen molar-refractivity contribution < 1.29 is 14.3 Å². The molecule has 0 radical (unpaired) electrons. The van der Waals surface area contributed by atoms with Gasteiger partial charge in [-0.05, 0) is 33.1 Å². The summed E-state index contributed by atoms with van der Waals surface area (Å²) in [6.45, 7) is 6.86. The van der Waals surface area contributed by atoms with Gasteiger partial charge in [0, 0.05) is 33.4 Å². The number of nitrogens with one attached hydrogen (secondary N) is 2. The molecule has 0 bridgehead atoms. The maximum atomic E-state index is 11.8. The first-order chi connectivity index (χ1) is 8.57. The number of carbonyl (C=O) groups is 1. The second-order valence-electron chi connectivity index (χ2n) is 5.14. The number of hydrogen-bond acceptors (Lipinski definition) is 4. The minimum Gasteiger partial charge on any atom is -0.385 e. The van der Waals surface area contributed by atoms with Gasteiger partial charge in [-0.1, -0.05) is 0 Å². The Kier molecular flexibility index (Phi) is 6.60. The van der Waals surface area contributed by atoms with Crippen molar-refractivity contribution >= 4 is 5.91 Å². The lowest BCUT2D eigenvalue weighted by atomic mass is 10.0. The third kappa shape index (κ3) is 5.33. The Labute approximate surface area is 110 Å². The molecule has 106 valence electrons. The Morgan fingerprint density at radius 2 is 2.33 bits per heavy atom. The average Bonchev–Trinajstić information content (AvgIpc) is 2.79. The Hall–Kier alpha value is -0.650. The number of hydrogen-bond donors (Lipinski definition) is 2. The van der Waals surface area contributed by atoms with Gasteiger partial charge in [0.2, 0.25) is 5.91 Å². The predicted octanol–water partition coefficient (Wildman–Crippen LogP) is 0.686. The number of methoxy groups -OCH3 is 1. The molecular weight excluding hydrogens is 232 g/mol. The zero-order chi connectivity index (χ0) is 13.4. The molecule has 1 amide bonds. The predicted molar refractivity (Wildman–Crippen MR) is 70.6 cm³/mol. The summed E-state index contributed by atoms with van der Waals surface area (Å²) < 4.78 is 10.6. The van der Waals surface area contributed by atoms with Crippen molar-refractivity contribution in [3.05, 3.63) is 0 Å². The number of rotatable bonds is 8. The van der Waals surface area contributed by atoms with E-state index in [-0.39, 0.29) is 17.6 Å². The van der Waals surface area contributed by atoms with Crippen LogP contribution in [0.15, 0.2) is 0 Å². The van der Waals surface area contributed by atoms with Crippen LogP contribution in [-0.4, -0.2) is 51.0 Å². The Morgan fingerprint density at radius 1 is 1.56 bits per heavy atom. The number of amides is 1. The van der Waals surface area contributed by atoms with E-state index in [0.717, 1.165) is 32.4 Å². The highest BCUT2D eigenvalue weighted by atomic mass is 16.5. The van der Waals surface area contributed by atoms with Gasteiger partial charge >= 0.3 is 0 Å². The van der Waals surface area contributed by atoms with E-state index in [1.807, 2.05) is 6.92 Å². The zero-order valence-electron chi connectivity index (χ0n) is 11.8. The highest BCUT2D eigenvalue weighted by molar-refractivity contribution is 5.81. The first-order valence-corrected chi connectivity index (χ1v) is 6.71. The highest BCUT2D eigenvalue weighted by Crippen LogP contribution is 2.23. The van der Waals surface area contributed by atoms with Crippen molar-refractivity contribution in [2.24, 2.45) is 0 Å². The molecule has 0 spiro atoms. The maximum Gasteiger partial charge on any atom is 0.236 e. The fourth-order valence-corrected chi connectivity index (χ4v) is 2.02. The van der Waals surface area contributed by atoms with Crippen LogP contribution in [0.5, 0.6) is 0 Å². The molecule has 1 aliphatic heterocycles. The van der Waals surface area contributed by atoms with Crippen LogP contribution in [0, 0.1) is 0 Å². The normalized spacial score (nSPS) is 25.1. The van der Waals surface area contributed by atoms with E-state index in [1.54, 1.807) is 7.11 Å². The lowest BCUT2D eigenvalue weighted by Crippen LogP contribution is -2.48. The van der Waals surface area contributed by atoms with Crippen LogP contribution in [0.25, 0.3) is 0 Å². The topological polar surface area (TPSA) is 59.6 Å². The molecule has 0 aromatic rings. The van der Waals surface area contributed by atoms with Crippen molar-refractivity contribution in [2.45, 2.75) is 44.8 Å². The molecule has 18 heavy (non-hydrogen) atoms. The van der Waals surface area contributed by atoms with Gasteiger partial charge in [0.25, 0.3) is 0 Å². The number of ether oxygens (including phenoxy) is 2. The first-order valence-electron chi connectivity index (χ1n) is 6.71. The van der Waals surface area contributed by atoms with Crippen molar-refractivity contribution in [3.8, 4) is 0 Å². The van der Waals surface area contributed by atoms with Crippen LogP contribution in [0.1, 0.15) is 33.1 Å². The smallest absolute Gasteiger partial charge is 0.236 e. The van der Waals surface area contributed by atoms with Gasteiger partial charge in [-0.25, -0.2) is 0 Å². The monoisotopic (exact) mass is 258 g/mol.